The van der Waals surface area contributed by atoms with Crippen LogP contribution in [0.15, 0.2) is 40.7 Å². The third kappa shape index (κ3) is 5.31. The molecular weight excluding hydrogens is 510 g/mol. The van der Waals surface area contributed by atoms with Crippen molar-refractivity contribution in [3.05, 3.63) is 42.0 Å². The van der Waals surface area contributed by atoms with Crippen molar-refractivity contribution in [3.63, 3.8) is 0 Å². The van der Waals surface area contributed by atoms with E-state index in [-0.39, 0.29) is 35.3 Å². The van der Waals surface area contributed by atoms with Gasteiger partial charge in [-0.1, -0.05) is 30.7 Å². The van der Waals surface area contributed by atoms with E-state index in [1.165, 1.54) is 28.0 Å². The largest absolute Gasteiger partial charge is 0.493 e. The van der Waals surface area contributed by atoms with Gasteiger partial charge >= 0.3 is 0 Å². The van der Waals surface area contributed by atoms with Gasteiger partial charge < -0.3 is 14.8 Å². The zero-order valence-corrected chi connectivity index (χ0v) is 22.5. The van der Waals surface area contributed by atoms with E-state index in [1.54, 1.807) is 20.3 Å². The van der Waals surface area contributed by atoms with Crippen molar-refractivity contribution >= 4 is 56.7 Å². The first-order valence-electron chi connectivity index (χ1n) is 12.4. The summed E-state index contributed by atoms with van der Waals surface area (Å²) in [5.41, 5.74) is 2.45. The number of carbonyl (C=O) groups is 3. The molecule has 5 rings (SSSR count). The van der Waals surface area contributed by atoms with Crippen LogP contribution in [0.3, 0.4) is 0 Å². The van der Waals surface area contributed by atoms with Gasteiger partial charge in [0.2, 0.25) is 17.7 Å². The number of fused-ring (bicyclic) bond motifs is 2. The van der Waals surface area contributed by atoms with E-state index >= 15 is 0 Å². The highest BCUT2D eigenvalue weighted by Gasteiger charge is 2.48. The Kier molecular flexibility index (Phi) is 7.66. The maximum Gasteiger partial charge on any atom is 0.237 e. The lowest BCUT2D eigenvalue weighted by atomic mass is 9.81. The molecule has 3 aromatic rings. The number of hydrogen-bond donors (Lipinski definition) is 1. The lowest BCUT2D eigenvalue weighted by molar-refractivity contribution is -0.122. The summed E-state index contributed by atoms with van der Waals surface area (Å²) in [6.07, 6.45) is 4.28. The van der Waals surface area contributed by atoms with Gasteiger partial charge in [-0.15, -0.1) is 11.3 Å². The Balaban J connectivity index is 1.16. The zero-order valence-electron chi connectivity index (χ0n) is 20.8. The fraction of sp³-hybridized carbons (Fsp3) is 0.407. The van der Waals surface area contributed by atoms with Crippen molar-refractivity contribution in [1.82, 2.24) is 10.3 Å². The molecule has 1 aliphatic heterocycles. The lowest BCUT2D eigenvalue weighted by Gasteiger charge is -2.19. The standard InChI is InChI=1S/C27H29N3O5S2/c1-34-21-10-7-16(13-22(21)35-2)11-12-28-24(31)15-36-27-29-20-9-8-17(14-23(20)37-27)30-25(32)18-5-3-4-6-19(18)26(30)33/h7-10,13-14,18-19H,3-6,11-12,15H2,1-2H3,(H,28,31)/t18-,19-/m0/s1. The topological polar surface area (TPSA) is 97.8 Å². The van der Waals surface area contributed by atoms with E-state index in [2.05, 4.69) is 10.3 Å². The van der Waals surface area contributed by atoms with Gasteiger partial charge in [0.15, 0.2) is 15.8 Å². The Bertz CT molecular complexity index is 1320. The summed E-state index contributed by atoms with van der Waals surface area (Å²) >= 11 is 2.84. The first kappa shape index (κ1) is 25.5. The molecular formula is C27H29N3O5S2. The number of carbonyl (C=O) groups excluding carboxylic acids is 3. The van der Waals surface area contributed by atoms with Crippen molar-refractivity contribution in [3.8, 4) is 11.5 Å². The number of thiazole rings is 1. The highest BCUT2D eigenvalue weighted by molar-refractivity contribution is 8.01. The van der Waals surface area contributed by atoms with E-state index in [0.717, 1.165) is 45.8 Å². The Morgan fingerprint density at radius 3 is 2.49 bits per heavy atom. The second-order valence-corrected chi connectivity index (χ2v) is 11.5. The Morgan fingerprint density at radius 1 is 1.05 bits per heavy atom. The van der Waals surface area contributed by atoms with Gasteiger partial charge in [0.1, 0.15) is 0 Å². The number of ether oxygens (including phenoxy) is 2. The van der Waals surface area contributed by atoms with Crippen molar-refractivity contribution in [1.29, 1.82) is 0 Å². The third-order valence-corrected chi connectivity index (χ3v) is 9.12. The predicted molar refractivity (Wildman–Crippen MR) is 145 cm³/mol. The van der Waals surface area contributed by atoms with Crippen molar-refractivity contribution in [2.24, 2.45) is 11.8 Å². The number of thioether (sulfide) groups is 1. The highest BCUT2D eigenvalue weighted by atomic mass is 32.2. The molecule has 2 aromatic carbocycles. The molecule has 0 unspecified atom stereocenters. The molecule has 1 saturated heterocycles. The molecule has 0 bridgehead atoms. The van der Waals surface area contributed by atoms with Gasteiger partial charge in [-0.25, -0.2) is 4.98 Å². The van der Waals surface area contributed by atoms with Crippen LogP contribution in [0.2, 0.25) is 0 Å². The van der Waals surface area contributed by atoms with E-state index in [4.69, 9.17) is 9.47 Å². The summed E-state index contributed by atoms with van der Waals surface area (Å²) < 4.78 is 12.3. The molecule has 2 heterocycles. The molecule has 1 aliphatic carbocycles. The van der Waals surface area contributed by atoms with Gasteiger partial charge in [-0.05, 0) is 55.2 Å². The molecule has 37 heavy (non-hydrogen) atoms. The Hall–Kier alpha value is -3.11. The monoisotopic (exact) mass is 539 g/mol. The average Bonchev–Trinajstić information content (AvgIpc) is 3.44. The van der Waals surface area contributed by atoms with Crippen LogP contribution < -0.4 is 19.7 Å². The van der Waals surface area contributed by atoms with Crippen LogP contribution in [0.1, 0.15) is 31.2 Å². The van der Waals surface area contributed by atoms with E-state index in [9.17, 15) is 14.4 Å². The SMILES string of the molecule is COc1ccc(CCNC(=O)CSc2nc3ccc(N4C(=O)[C@H]5CCCC[C@@H]5C4=O)cc3s2)cc1OC. The normalized spacial score (nSPS) is 19.2. The second kappa shape index (κ2) is 11.1. The van der Waals surface area contributed by atoms with Gasteiger partial charge in [-0.2, -0.15) is 0 Å². The molecule has 3 amide bonds. The molecule has 8 nitrogen and oxygen atoms in total. The molecule has 10 heteroatoms. The van der Waals surface area contributed by atoms with Crippen LogP contribution >= 0.6 is 23.1 Å². The first-order valence-corrected chi connectivity index (χ1v) is 14.2. The molecule has 1 saturated carbocycles. The Morgan fingerprint density at radius 2 is 1.78 bits per heavy atom. The molecule has 2 fully saturated rings. The van der Waals surface area contributed by atoms with Crippen molar-refractivity contribution in [2.75, 3.05) is 31.4 Å². The summed E-state index contributed by atoms with van der Waals surface area (Å²) in [6.45, 7) is 0.512. The Labute approximate surface area is 223 Å². The number of amides is 3. The van der Waals surface area contributed by atoms with Crippen LogP contribution in [0.5, 0.6) is 11.5 Å². The lowest BCUT2D eigenvalue weighted by Crippen LogP contribution is -2.30. The number of nitrogens with zero attached hydrogens (tertiary/aromatic N) is 2. The minimum Gasteiger partial charge on any atom is -0.493 e. The van der Waals surface area contributed by atoms with Crippen molar-refractivity contribution in [2.45, 2.75) is 36.4 Å². The molecule has 0 spiro atoms. The number of methoxy groups -OCH3 is 2. The number of rotatable bonds is 9. The minimum atomic E-state index is -0.171. The van der Waals surface area contributed by atoms with Crippen LogP contribution in [-0.4, -0.2) is 49.2 Å². The smallest absolute Gasteiger partial charge is 0.237 e. The molecule has 1 N–H and O–H groups in total. The number of imide groups is 1. The highest BCUT2D eigenvalue weighted by Crippen LogP contribution is 2.41. The molecule has 1 aromatic heterocycles. The van der Waals surface area contributed by atoms with Crippen LogP contribution in [-0.2, 0) is 20.8 Å². The van der Waals surface area contributed by atoms with Gasteiger partial charge in [-0.3, -0.25) is 19.3 Å². The third-order valence-electron chi connectivity index (χ3n) is 6.96. The first-order chi connectivity index (χ1) is 18.0. The summed E-state index contributed by atoms with van der Waals surface area (Å²) in [6, 6.07) is 11.2. The summed E-state index contributed by atoms with van der Waals surface area (Å²) in [4.78, 5) is 44.3. The predicted octanol–water partition coefficient (Wildman–Crippen LogP) is 4.44. The molecule has 2 atom stereocenters. The van der Waals surface area contributed by atoms with Crippen LogP contribution in [0.4, 0.5) is 5.69 Å². The van der Waals surface area contributed by atoms with E-state index in [1.807, 2.05) is 30.3 Å². The molecule has 0 radical (unpaired) electrons. The second-order valence-electron chi connectivity index (χ2n) is 9.22. The maximum absolute atomic E-state index is 12.9. The van der Waals surface area contributed by atoms with Crippen molar-refractivity contribution < 1.29 is 23.9 Å². The molecule has 194 valence electrons. The number of benzene rings is 2. The van der Waals surface area contributed by atoms with E-state index in [0.29, 0.717) is 30.2 Å². The average molecular weight is 540 g/mol. The number of aromatic nitrogens is 1. The van der Waals surface area contributed by atoms with Gasteiger partial charge in [0.25, 0.3) is 0 Å². The van der Waals surface area contributed by atoms with E-state index < -0.39 is 0 Å². The summed E-state index contributed by atoms with van der Waals surface area (Å²) in [5.74, 6) is 1.04. The fourth-order valence-corrected chi connectivity index (χ4v) is 7.00. The van der Waals surface area contributed by atoms with Gasteiger partial charge in [0.05, 0.1) is 47.7 Å². The molecule has 2 aliphatic rings. The zero-order chi connectivity index (χ0) is 25.9. The summed E-state index contributed by atoms with van der Waals surface area (Å²) in [5, 5.41) is 2.94. The van der Waals surface area contributed by atoms with Crippen LogP contribution in [0.25, 0.3) is 10.2 Å². The fourth-order valence-electron chi connectivity index (χ4n) is 5.07. The van der Waals surface area contributed by atoms with Crippen LogP contribution in [0, 0.1) is 11.8 Å². The number of nitrogens with one attached hydrogen (secondary N) is 1. The number of hydrogen-bond acceptors (Lipinski definition) is 8. The summed E-state index contributed by atoms with van der Waals surface area (Å²) in [7, 11) is 3.20. The number of anilines is 1. The minimum absolute atomic E-state index is 0.0683. The van der Waals surface area contributed by atoms with Gasteiger partial charge in [0, 0.05) is 6.54 Å². The maximum atomic E-state index is 12.9. The quantitative estimate of drug-likeness (QED) is 0.317.